The molecular formula is C24H27N2O+. The lowest BCUT2D eigenvalue weighted by molar-refractivity contribution is -0.661. The SMILES string of the molecule is Cc1cc2c(oc3c(C)c(-c4ccc(C(C)(C)C)c[n+]4C)ccc32)c(C)n1. The zero-order valence-electron chi connectivity index (χ0n) is 17.3. The van der Waals surface area contributed by atoms with Gasteiger partial charge >= 0.3 is 0 Å². The van der Waals surface area contributed by atoms with E-state index in [1.54, 1.807) is 0 Å². The number of aryl methyl sites for hydroxylation is 4. The molecule has 1 aromatic carbocycles. The number of rotatable bonds is 1. The van der Waals surface area contributed by atoms with Crippen molar-refractivity contribution in [3.05, 3.63) is 59.0 Å². The van der Waals surface area contributed by atoms with Gasteiger partial charge in [-0.15, -0.1) is 0 Å². The van der Waals surface area contributed by atoms with E-state index in [0.717, 1.165) is 33.3 Å². The Morgan fingerprint density at radius 3 is 2.33 bits per heavy atom. The smallest absolute Gasteiger partial charge is 0.212 e. The summed E-state index contributed by atoms with van der Waals surface area (Å²) in [5.74, 6) is 0. The Kier molecular flexibility index (Phi) is 3.88. The normalized spacial score (nSPS) is 12.3. The van der Waals surface area contributed by atoms with Crippen LogP contribution < -0.4 is 4.57 Å². The molecule has 3 aromatic heterocycles. The summed E-state index contributed by atoms with van der Waals surface area (Å²) >= 11 is 0. The van der Waals surface area contributed by atoms with E-state index in [1.807, 2.05) is 13.8 Å². The highest BCUT2D eigenvalue weighted by Crippen LogP contribution is 2.36. The second-order valence-electron chi connectivity index (χ2n) is 8.61. The molecular weight excluding hydrogens is 332 g/mol. The number of furan rings is 1. The van der Waals surface area contributed by atoms with Gasteiger partial charge in [0.2, 0.25) is 5.69 Å². The van der Waals surface area contributed by atoms with E-state index in [2.05, 4.69) is 80.8 Å². The van der Waals surface area contributed by atoms with E-state index in [1.165, 1.54) is 22.4 Å². The number of nitrogens with zero attached hydrogens (tertiary/aromatic N) is 2. The first-order valence-electron chi connectivity index (χ1n) is 9.47. The molecule has 4 rings (SSSR count). The topological polar surface area (TPSA) is 29.9 Å². The largest absolute Gasteiger partial charge is 0.454 e. The molecule has 0 aliphatic carbocycles. The van der Waals surface area contributed by atoms with Crippen molar-refractivity contribution in [3.63, 3.8) is 0 Å². The summed E-state index contributed by atoms with van der Waals surface area (Å²) in [6.07, 6.45) is 2.23. The van der Waals surface area contributed by atoms with Gasteiger partial charge in [0.1, 0.15) is 12.6 Å². The molecule has 3 heterocycles. The van der Waals surface area contributed by atoms with E-state index >= 15 is 0 Å². The predicted molar refractivity (Wildman–Crippen MR) is 111 cm³/mol. The van der Waals surface area contributed by atoms with Gasteiger partial charge in [-0.05, 0) is 50.5 Å². The minimum Gasteiger partial charge on any atom is -0.454 e. The summed E-state index contributed by atoms with van der Waals surface area (Å²) in [5, 5.41) is 2.31. The van der Waals surface area contributed by atoms with Gasteiger partial charge in [0.15, 0.2) is 11.8 Å². The van der Waals surface area contributed by atoms with Crippen LogP contribution in [0.2, 0.25) is 0 Å². The fraction of sp³-hybridized carbons (Fsp3) is 0.333. The van der Waals surface area contributed by atoms with Crippen LogP contribution in [0.25, 0.3) is 33.2 Å². The average molecular weight is 359 g/mol. The maximum Gasteiger partial charge on any atom is 0.212 e. The molecule has 0 fully saturated rings. The van der Waals surface area contributed by atoms with E-state index in [4.69, 9.17) is 4.42 Å². The molecule has 3 heteroatoms. The summed E-state index contributed by atoms with van der Waals surface area (Å²) in [6.45, 7) is 12.9. The van der Waals surface area contributed by atoms with Crippen LogP contribution in [-0.4, -0.2) is 4.98 Å². The van der Waals surface area contributed by atoms with Crippen LogP contribution in [0.5, 0.6) is 0 Å². The zero-order valence-corrected chi connectivity index (χ0v) is 17.3. The van der Waals surface area contributed by atoms with Crippen molar-refractivity contribution >= 4 is 21.9 Å². The minimum absolute atomic E-state index is 0.135. The Morgan fingerprint density at radius 2 is 1.67 bits per heavy atom. The second kappa shape index (κ2) is 5.91. The van der Waals surface area contributed by atoms with Gasteiger partial charge in [-0.3, -0.25) is 4.98 Å². The van der Waals surface area contributed by atoms with Crippen LogP contribution in [0.4, 0.5) is 0 Å². The zero-order chi connectivity index (χ0) is 19.5. The van der Waals surface area contributed by atoms with Crippen molar-refractivity contribution in [3.8, 4) is 11.3 Å². The molecule has 0 amide bonds. The van der Waals surface area contributed by atoms with Crippen LogP contribution in [0.1, 0.15) is 43.3 Å². The van der Waals surface area contributed by atoms with Crippen LogP contribution in [0.15, 0.2) is 40.9 Å². The maximum atomic E-state index is 6.28. The molecule has 0 spiro atoms. The fourth-order valence-corrected chi connectivity index (χ4v) is 3.89. The lowest BCUT2D eigenvalue weighted by atomic mass is 9.88. The number of pyridine rings is 2. The molecule has 0 saturated heterocycles. The summed E-state index contributed by atoms with van der Waals surface area (Å²) in [4.78, 5) is 4.56. The van der Waals surface area contributed by atoms with E-state index in [-0.39, 0.29) is 5.41 Å². The number of hydrogen-bond donors (Lipinski definition) is 0. The highest BCUT2D eigenvalue weighted by Gasteiger charge is 2.22. The summed E-state index contributed by atoms with van der Waals surface area (Å²) in [7, 11) is 2.12. The van der Waals surface area contributed by atoms with E-state index in [0.29, 0.717) is 0 Å². The van der Waals surface area contributed by atoms with Crippen molar-refractivity contribution in [1.29, 1.82) is 0 Å². The van der Waals surface area contributed by atoms with Gasteiger partial charge in [-0.1, -0.05) is 20.8 Å². The summed E-state index contributed by atoms with van der Waals surface area (Å²) in [6, 6.07) is 11.0. The van der Waals surface area contributed by atoms with Gasteiger partial charge < -0.3 is 4.42 Å². The monoisotopic (exact) mass is 359 g/mol. The molecule has 0 aliphatic rings. The molecule has 138 valence electrons. The van der Waals surface area contributed by atoms with Crippen molar-refractivity contribution in [2.24, 2.45) is 7.05 Å². The molecule has 0 unspecified atom stereocenters. The standard InChI is InChI=1S/C24H27N2O/c1-14-12-20-19-10-9-18(15(2)22(19)27-23(20)16(3)25-14)21-11-8-17(13-26(21)7)24(4,5)6/h8-13H,1-7H3/q+1. The Morgan fingerprint density at radius 1 is 0.926 bits per heavy atom. The van der Waals surface area contributed by atoms with Crippen molar-refractivity contribution in [2.75, 3.05) is 0 Å². The number of aromatic nitrogens is 2. The van der Waals surface area contributed by atoms with Crippen molar-refractivity contribution < 1.29 is 8.98 Å². The van der Waals surface area contributed by atoms with Gasteiger partial charge in [0, 0.05) is 33.7 Å². The van der Waals surface area contributed by atoms with Crippen molar-refractivity contribution in [2.45, 2.75) is 47.0 Å². The Bertz CT molecular complexity index is 1190. The van der Waals surface area contributed by atoms with Crippen LogP contribution >= 0.6 is 0 Å². The summed E-state index contributed by atoms with van der Waals surface area (Å²) in [5.41, 5.74) is 8.84. The minimum atomic E-state index is 0.135. The van der Waals surface area contributed by atoms with Crippen LogP contribution in [0.3, 0.4) is 0 Å². The first-order chi connectivity index (χ1) is 12.7. The molecule has 0 radical (unpaired) electrons. The molecule has 0 bridgehead atoms. The molecule has 4 aromatic rings. The lowest BCUT2D eigenvalue weighted by Crippen LogP contribution is -2.33. The molecule has 27 heavy (non-hydrogen) atoms. The second-order valence-corrected chi connectivity index (χ2v) is 8.61. The first-order valence-corrected chi connectivity index (χ1v) is 9.47. The molecule has 0 atom stereocenters. The van der Waals surface area contributed by atoms with E-state index in [9.17, 15) is 0 Å². The fourth-order valence-electron chi connectivity index (χ4n) is 3.89. The average Bonchev–Trinajstić information content (AvgIpc) is 2.95. The van der Waals surface area contributed by atoms with E-state index < -0.39 is 0 Å². The summed E-state index contributed by atoms with van der Waals surface area (Å²) < 4.78 is 8.49. The Hall–Kier alpha value is -2.68. The first kappa shape index (κ1) is 17.7. The lowest BCUT2D eigenvalue weighted by Gasteiger charge is -2.17. The molecule has 3 nitrogen and oxygen atoms in total. The highest BCUT2D eigenvalue weighted by atomic mass is 16.3. The molecule has 0 aliphatic heterocycles. The Labute approximate surface area is 160 Å². The Balaban J connectivity index is 1.95. The van der Waals surface area contributed by atoms with Gasteiger partial charge in [-0.2, -0.15) is 0 Å². The predicted octanol–water partition coefficient (Wildman–Crippen LogP) is 5.70. The van der Waals surface area contributed by atoms with Crippen LogP contribution in [0, 0.1) is 20.8 Å². The highest BCUT2D eigenvalue weighted by molar-refractivity contribution is 6.07. The van der Waals surface area contributed by atoms with Gasteiger partial charge in [0.05, 0.1) is 11.3 Å². The number of hydrogen-bond acceptors (Lipinski definition) is 2. The quantitative estimate of drug-likeness (QED) is 0.408. The third-order valence-electron chi connectivity index (χ3n) is 5.45. The van der Waals surface area contributed by atoms with Gasteiger partial charge in [0.25, 0.3) is 0 Å². The molecule has 0 N–H and O–H groups in total. The maximum absolute atomic E-state index is 6.28. The van der Waals surface area contributed by atoms with Crippen LogP contribution in [-0.2, 0) is 12.5 Å². The van der Waals surface area contributed by atoms with Gasteiger partial charge in [-0.25, -0.2) is 4.57 Å². The molecule has 0 saturated carbocycles. The number of fused-ring (bicyclic) bond motifs is 3. The third-order valence-corrected chi connectivity index (χ3v) is 5.45. The third kappa shape index (κ3) is 2.82. The van der Waals surface area contributed by atoms with Crippen molar-refractivity contribution in [1.82, 2.24) is 4.98 Å². The number of benzene rings is 1.